The summed E-state index contributed by atoms with van der Waals surface area (Å²) in [6, 6.07) is 11.7. The highest BCUT2D eigenvalue weighted by molar-refractivity contribution is 9.11. The Balaban J connectivity index is 1.08. The quantitative estimate of drug-likeness (QED) is 0.386. The summed E-state index contributed by atoms with van der Waals surface area (Å²) in [5.74, 6) is -0.116. The molecule has 13 heteroatoms. The van der Waals surface area contributed by atoms with Crippen molar-refractivity contribution in [2.24, 2.45) is 0 Å². The van der Waals surface area contributed by atoms with Crippen molar-refractivity contribution in [3.63, 3.8) is 0 Å². The van der Waals surface area contributed by atoms with Gasteiger partial charge in [-0.1, -0.05) is 18.2 Å². The Bertz CT molecular complexity index is 1410. The van der Waals surface area contributed by atoms with E-state index in [1.54, 1.807) is 17.0 Å². The number of phenolic OH excluding ortho intramolecular Hbond substituents is 1. The highest BCUT2D eigenvalue weighted by Crippen LogP contribution is 2.34. The van der Waals surface area contributed by atoms with Crippen molar-refractivity contribution in [1.82, 2.24) is 24.9 Å². The van der Waals surface area contributed by atoms with Gasteiger partial charge in [0.05, 0.1) is 8.95 Å². The van der Waals surface area contributed by atoms with Gasteiger partial charge in [-0.3, -0.25) is 9.69 Å². The van der Waals surface area contributed by atoms with Crippen molar-refractivity contribution in [1.29, 1.82) is 0 Å². The molecule has 0 bridgehead atoms. The minimum atomic E-state index is -1.00. The topological polar surface area (TPSA) is 118 Å². The Labute approximate surface area is 293 Å². The number of anilines is 1. The van der Waals surface area contributed by atoms with E-state index in [1.165, 1.54) is 0 Å². The predicted octanol–water partition coefficient (Wildman–Crippen LogP) is 4.81. The number of urea groups is 1. The Morgan fingerprint density at radius 3 is 2.32 bits per heavy atom. The lowest BCUT2D eigenvalue weighted by atomic mass is 10.0. The van der Waals surface area contributed by atoms with Gasteiger partial charge in [-0.2, -0.15) is 0 Å². The molecule has 11 nitrogen and oxygen atoms in total. The number of nitrogens with zero attached hydrogens (tertiary/aromatic N) is 4. The van der Waals surface area contributed by atoms with E-state index in [0.29, 0.717) is 60.6 Å². The molecule has 4 aliphatic heterocycles. The van der Waals surface area contributed by atoms with Crippen LogP contribution < -0.4 is 10.6 Å². The van der Waals surface area contributed by atoms with E-state index in [-0.39, 0.29) is 30.2 Å². The molecule has 2 aromatic rings. The second kappa shape index (κ2) is 15.6. The van der Waals surface area contributed by atoms with E-state index in [4.69, 9.17) is 4.74 Å². The lowest BCUT2D eigenvalue weighted by molar-refractivity contribution is -0.142. The molecule has 4 heterocycles. The van der Waals surface area contributed by atoms with Gasteiger partial charge in [0.2, 0.25) is 0 Å². The summed E-state index contributed by atoms with van der Waals surface area (Å²) in [5.41, 5.74) is 2.73. The van der Waals surface area contributed by atoms with Crippen LogP contribution >= 0.6 is 31.9 Å². The number of halogens is 2. The molecule has 0 spiro atoms. The van der Waals surface area contributed by atoms with Gasteiger partial charge in [-0.05, 0) is 113 Å². The molecule has 4 aliphatic rings. The second-order valence-corrected chi connectivity index (χ2v) is 14.6. The van der Waals surface area contributed by atoms with Crippen LogP contribution in [0.25, 0.3) is 0 Å². The van der Waals surface area contributed by atoms with E-state index >= 15 is 0 Å². The van der Waals surface area contributed by atoms with E-state index < -0.39 is 12.2 Å². The van der Waals surface area contributed by atoms with Crippen LogP contribution in [0, 0.1) is 0 Å². The third-order valence-electron chi connectivity index (χ3n) is 9.99. The average Bonchev–Trinajstić information content (AvgIpc) is 3.46. The number of piperidine rings is 2. The van der Waals surface area contributed by atoms with E-state index in [9.17, 15) is 19.5 Å². The summed E-state index contributed by atoms with van der Waals surface area (Å²) < 4.78 is 7.02. The Kier molecular flexibility index (Phi) is 11.3. The molecule has 0 aromatic heterocycles. The number of ether oxygens (including phenoxy) is 1. The SMILES string of the molecule is O=C(O[C@H](Cc1cc(Br)c(O)c(Br)c1)C(=O)N1CCC(N2CCCNCC2)CC1)N1CCC(N2CCc3ccccc3NC2=O)CC1. The zero-order chi connectivity index (χ0) is 32.9. The summed E-state index contributed by atoms with van der Waals surface area (Å²) in [6.07, 6.45) is 3.63. The molecule has 3 saturated heterocycles. The van der Waals surface area contributed by atoms with Crippen molar-refractivity contribution < 1.29 is 24.2 Å². The van der Waals surface area contributed by atoms with Crippen LogP contribution in [0.1, 0.15) is 43.2 Å². The minimum absolute atomic E-state index is 0.0127. The van der Waals surface area contributed by atoms with Crippen LogP contribution in [0.4, 0.5) is 15.3 Å². The number of phenols is 1. The van der Waals surface area contributed by atoms with Gasteiger partial charge in [0, 0.05) is 70.0 Å². The number of hydrogen-bond acceptors (Lipinski definition) is 7. The lowest BCUT2D eigenvalue weighted by Gasteiger charge is -2.40. The highest BCUT2D eigenvalue weighted by atomic mass is 79.9. The summed E-state index contributed by atoms with van der Waals surface area (Å²) in [6.45, 7) is 6.88. The van der Waals surface area contributed by atoms with Crippen LogP contribution in [-0.4, -0.2) is 120 Å². The Morgan fingerprint density at radius 2 is 1.57 bits per heavy atom. The van der Waals surface area contributed by atoms with Crippen molar-refractivity contribution >= 4 is 55.6 Å². The Hall–Kier alpha value is -2.87. The zero-order valence-electron chi connectivity index (χ0n) is 26.6. The first kappa shape index (κ1) is 34.0. The summed E-state index contributed by atoms with van der Waals surface area (Å²) in [5, 5.41) is 16.7. The number of carbonyl (C=O) groups is 3. The molecule has 0 saturated carbocycles. The molecule has 0 radical (unpaired) electrons. The molecule has 1 atom stereocenters. The first-order chi connectivity index (χ1) is 22.8. The fourth-order valence-corrected chi connectivity index (χ4v) is 8.59. The van der Waals surface area contributed by atoms with Crippen molar-refractivity contribution in [3.8, 4) is 5.75 Å². The molecular weight excluding hydrogens is 732 g/mol. The number of fused-ring (bicyclic) bond motifs is 1. The monoisotopic (exact) mass is 774 g/mol. The van der Waals surface area contributed by atoms with Gasteiger partial charge >= 0.3 is 12.1 Å². The number of para-hydroxylation sites is 1. The zero-order valence-corrected chi connectivity index (χ0v) is 29.8. The maximum Gasteiger partial charge on any atom is 0.410 e. The van der Waals surface area contributed by atoms with E-state index in [2.05, 4.69) is 47.4 Å². The summed E-state index contributed by atoms with van der Waals surface area (Å²) in [4.78, 5) is 48.6. The highest BCUT2D eigenvalue weighted by Gasteiger charge is 2.36. The van der Waals surface area contributed by atoms with Crippen molar-refractivity contribution in [2.45, 2.75) is 63.1 Å². The van der Waals surface area contributed by atoms with Crippen LogP contribution in [0.2, 0.25) is 0 Å². The number of hydrogen-bond donors (Lipinski definition) is 3. The standard InChI is InChI=1S/C34H44Br2N6O5/c35-27-20-23(21-28(36)31(27)43)22-30(32(44)40-14-7-25(8-15-40)39-13-3-11-37-12-19-39)47-34(46)41-16-9-26(10-17-41)42-18-6-24-4-1-2-5-29(24)38-33(42)45/h1-2,4-5,20-21,25-26,30,37,43H,3,6-19,22H2,(H,38,45)/t30-/m1/s1. The number of amides is 4. The van der Waals surface area contributed by atoms with Crippen molar-refractivity contribution in [2.75, 3.05) is 64.2 Å². The fraction of sp³-hybridized carbons (Fsp3) is 0.559. The van der Waals surface area contributed by atoms with Crippen LogP contribution in [-0.2, 0) is 22.4 Å². The Morgan fingerprint density at radius 1 is 0.894 bits per heavy atom. The normalized spacial score (nSPS) is 21.0. The molecule has 47 heavy (non-hydrogen) atoms. The third kappa shape index (κ3) is 8.23. The number of aromatic hydroxyl groups is 1. The third-order valence-corrected chi connectivity index (χ3v) is 11.2. The number of rotatable bonds is 6. The molecule has 254 valence electrons. The van der Waals surface area contributed by atoms with Gasteiger partial charge in [0.15, 0.2) is 6.10 Å². The molecule has 2 aromatic carbocycles. The first-order valence-corrected chi connectivity index (χ1v) is 18.4. The molecular formula is C34H44Br2N6O5. The van der Waals surface area contributed by atoms with Gasteiger partial charge in [0.1, 0.15) is 5.75 Å². The maximum absolute atomic E-state index is 14.0. The number of benzene rings is 2. The second-order valence-electron chi connectivity index (χ2n) is 12.9. The molecule has 3 fully saturated rings. The van der Waals surface area contributed by atoms with Crippen LogP contribution in [0.15, 0.2) is 45.3 Å². The van der Waals surface area contributed by atoms with Crippen LogP contribution in [0.3, 0.4) is 0 Å². The molecule has 4 amide bonds. The van der Waals surface area contributed by atoms with Gasteiger partial charge in [-0.15, -0.1) is 0 Å². The number of nitrogens with one attached hydrogen (secondary N) is 2. The first-order valence-electron chi connectivity index (χ1n) is 16.8. The van der Waals surface area contributed by atoms with E-state index in [1.807, 2.05) is 34.1 Å². The molecule has 6 rings (SSSR count). The lowest BCUT2D eigenvalue weighted by Crippen LogP contribution is -2.52. The van der Waals surface area contributed by atoms with Gasteiger partial charge < -0.3 is 35.2 Å². The van der Waals surface area contributed by atoms with Gasteiger partial charge in [0.25, 0.3) is 5.91 Å². The van der Waals surface area contributed by atoms with Crippen molar-refractivity contribution in [3.05, 3.63) is 56.5 Å². The predicted molar refractivity (Wildman–Crippen MR) is 187 cm³/mol. The van der Waals surface area contributed by atoms with Crippen LogP contribution in [0.5, 0.6) is 5.75 Å². The fourth-order valence-electron chi connectivity index (χ4n) is 7.31. The largest absolute Gasteiger partial charge is 0.506 e. The summed E-state index contributed by atoms with van der Waals surface area (Å²) in [7, 11) is 0. The maximum atomic E-state index is 14.0. The summed E-state index contributed by atoms with van der Waals surface area (Å²) >= 11 is 6.77. The molecule has 0 unspecified atom stereocenters. The molecule has 3 N–H and O–H groups in total. The smallest absolute Gasteiger partial charge is 0.410 e. The molecule has 0 aliphatic carbocycles. The average molecular weight is 777 g/mol. The number of likely N-dealkylation sites (tertiary alicyclic amines) is 2. The minimum Gasteiger partial charge on any atom is -0.506 e. The van der Waals surface area contributed by atoms with Gasteiger partial charge in [-0.25, -0.2) is 9.59 Å². The number of carbonyl (C=O) groups excluding carboxylic acids is 3. The van der Waals surface area contributed by atoms with E-state index in [0.717, 1.165) is 68.7 Å².